The van der Waals surface area contributed by atoms with Crippen LogP contribution in [0.25, 0.3) is 0 Å². The van der Waals surface area contributed by atoms with Gasteiger partial charge in [-0.25, -0.2) is 25.6 Å². The third-order valence-corrected chi connectivity index (χ3v) is 8.35. The Kier molecular flexibility index (Phi) is 5.35. The molecule has 3 rings (SSSR count). The van der Waals surface area contributed by atoms with Crippen molar-refractivity contribution in [2.45, 2.75) is 22.8 Å². The van der Waals surface area contributed by atoms with Crippen LogP contribution < -0.4 is 0 Å². The highest BCUT2D eigenvalue weighted by molar-refractivity contribution is 7.89. The quantitative estimate of drug-likeness (QED) is 0.765. The zero-order valence-corrected chi connectivity index (χ0v) is 16.1. The van der Waals surface area contributed by atoms with E-state index in [1.807, 2.05) is 0 Å². The van der Waals surface area contributed by atoms with Gasteiger partial charge in [0.15, 0.2) is 0 Å². The van der Waals surface area contributed by atoms with Gasteiger partial charge in [-0.2, -0.15) is 8.61 Å². The predicted molar refractivity (Wildman–Crippen MR) is 94.9 cm³/mol. The van der Waals surface area contributed by atoms with Crippen molar-refractivity contribution in [2.75, 3.05) is 19.6 Å². The molecule has 1 fully saturated rings. The molecule has 2 aromatic carbocycles. The van der Waals surface area contributed by atoms with Gasteiger partial charge < -0.3 is 0 Å². The number of sulfonamides is 2. The average Bonchev–Trinajstić information content (AvgIpc) is 2.61. The van der Waals surface area contributed by atoms with Crippen LogP contribution in [0, 0.1) is 11.6 Å². The number of nitrogens with zero attached hydrogens (tertiary/aromatic N) is 2. The van der Waals surface area contributed by atoms with Gasteiger partial charge in [-0.05, 0) is 31.2 Å². The summed E-state index contributed by atoms with van der Waals surface area (Å²) in [6.07, 6.45) is 0. The Balaban J connectivity index is 1.86. The topological polar surface area (TPSA) is 74.8 Å². The molecule has 0 aliphatic carbocycles. The molecule has 1 saturated heterocycles. The van der Waals surface area contributed by atoms with E-state index in [1.54, 1.807) is 0 Å². The zero-order valence-electron chi connectivity index (χ0n) is 14.4. The summed E-state index contributed by atoms with van der Waals surface area (Å²) in [4.78, 5) is -0.912. The molecule has 1 aliphatic rings. The molecular weight excluding hydrogens is 398 g/mol. The van der Waals surface area contributed by atoms with Crippen LogP contribution in [-0.4, -0.2) is 51.1 Å². The van der Waals surface area contributed by atoms with Gasteiger partial charge in [-0.3, -0.25) is 0 Å². The molecule has 0 bridgehead atoms. The third-order valence-electron chi connectivity index (χ3n) is 4.41. The van der Waals surface area contributed by atoms with E-state index in [0.29, 0.717) is 0 Å². The van der Waals surface area contributed by atoms with Crippen LogP contribution in [0.4, 0.5) is 8.78 Å². The van der Waals surface area contributed by atoms with Gasteiger partial charge in [0, 0.05) is 25.7 Å². The lowest BCUT2D eigenvalue weighted by Gasteiger charge is -2.38. The first-order chi connectivity index (χ1) is 12.7. The molecule has 0 radical (unpaired) electrons. The second-order valence-corrected chi connectivity index (χ2v) is 9.95. The van der Waals surface area contributed by atoms with Crippen LogP contribution >= 0.6 is 0 Å². The Morgan fingerprint density at radius 1 is 0.815 bits per heavy atom. The number of hydrogen-bond acceptors (Lipinski definition) is 4. The Morgan fingerprint density at radius 2 is 1.30 bits per heavy atom. The third kappa shape index (κ3) is 3.62. The molecule has 1 atom stereocenters. The van der Waals surface area contributed by atoms with E-state index >= 15 is 0 Å². The van der Waals surface area contributed by atoms with Crippen LogP contribution in [0.3, 0.4) is 0 Å². The summed E-state index contributed by atoms with van der Waals surface area (Å²) >= 11 is 0. The molecule has 0 saturated carbocycles. The van der Waals surface area contributed by atoms with Gasteiger partial charge in [-0.1, -0.05) is 24.3 Å². The van der Waals surface area contributed by atoms with Crippen molar-refractivity contribution in [1.29, 1.82) is 0 Å². The number of piperazine rings is 1. The zero-order chi connectivity index (χ0) is 19.8. The maximum absolute atomic E-state index is 13.9. The molecule has 0 spiro atoms. The Hall–Kier alpha value is -1.88. The monoisotopic (exact) mass is 416 g/mol. The minimum atomic E-state index is -4.12. The standard InChI is InChI=1S/C17H18F2N2O4S2/c1-13-12-20(26(22,23)16-8-4-2-6-14(16)18)10-11-21(13)27(24,25)17-9-5-3-7-15(17)19/h2-9,13H,10-12H2,1H3/t13-/m0/s1. The molecule has 0 amide bonds. The molecular formula is C17H18F2N2O4S2. The largest absolute Gasteiger partial charge is 0.246 e. The summed E-state index contributed by atoms with van der Waals surface area (Å²) in [7, 11) is -8.23. The fourth-order valence-electron chi connectivity index (χ4n) is 3.06. The lowest BCUT2D eigenvalue weighted by atomic mass is 10.3. The second kappa shape index (κ2) is 7.27. The first-order valence-electron chi connectivity index (χ1n) is 8.17. The van der Waals surface area contributed by atoms with Crippen molar-refractivity contribution >= 4 is 20.0 Å². The summed E-state index contributed by atoms with van der Waals surface area (Å²) in [6, 6.07) is 9.29. The predicted octanol–water partition coefficient (Wildman–Crippen LogP) is 2.05. The molecule has 1 heterocycles. The summed E-state index contributed by atoms with van der Waals surface area (Å²) < 4.78 is 80.9. The second-order valence-electron chi connectivity index (χ2n) is 6.19. The number of benzene rings is 2. The highest BCUT2D eigenvalue weighted by atomic mass is 32.2. The normalized spacial score (nSPS) is 19.9. The van der Waals surface area contributed by atoms with E-state index in [0.717, 1.165) is 26.8 Å². The highest BCUT2D eigenvalue weighted by Crippen LogP contribution is 2.27. The summed E-state index contributed by atoms with van der Waals surface area (Å²) in [6.45, 7) is 1.05. The molecule has 0 unspecified atom stereocenters. The first-order valence-corrected chi connectivity index (χ1v) is 11.0. The maximum Gasteiger partial charge on any atom is 0.246 e. The average molecular weight is 416 g/mol. The van der Waals surface area contributed by atoms with Gasteiger partial charge in [0.2, 0.25) is 20.0 Å². The molecule has 0 N–H and O–H groups in total. The molecule has 146 valence electrons. The molecule has 6 nitrogen and oxygen atoms in total. The van der Waals surface area contributed by atoms with E-state index in [2.05, 4.69) is 0 Å². The minimum Gasteiger partial charge on any atom is -0.207 e. The van der Waals surface area contributed by atoms with Gasteiger partial charge in [-0.15, -0.1) is 0 Å². The lowest BCUT2D eigenvalue weighted by molar-refractivity contribution is 0.212. The first kappa shape index (κ1) is 19.9. The molecule has 10 heteroatoms. The SMILES string of the molecule is C[C@H]1CN(S(=O)(=O)c2ccccc2F)CCN1S(=O)(=O)c1ccccc1F. The fraction of sp³-hybridized carbons (Fsp3) is 0.294. The van der Waals surface area contributed by atoms with Crippen LogP contribution in [0.5, 0.6) is 0 Å². The van der Waals surface area contributed by atoms with E-state index in [4.69, 9.17) is 0 Å². The molecule has 1 aliphatic heterocycles. The summed E-state index contributed by atoms with van der Waals surface area (Å²) in [5, 5.41) is 0. The Bertz CT molecular complexity index is 1060. The lowest BCUT2D eigenvalue weighted by Crippen LogP contribution is -2.55. The van der Waals surface area contributed by atoms with Crippen LogP contribution in [0.15, 0.2) is 58.3 Å². The number of halogens is 2. The Labute approximate surface area is 157 Å². The highest BCUT2D eigenvalue weighted by Gasteiger charge is 2.39. The van der Waals surface area contributed by atoms with Crippen molar-refractivity contribution in [3.8, 4) is 0 Å². The van der Waals surface area contributed by atoms with Gasteiger partial charge in [0.05, 0.1) is 0 Å². The van der Waals surface area contributed by atoms with E-state index in [-0.39, 0.29) is 19.6 Å². The molecule has 27 heavy (non-hydrogen) atoms. The molecule has 0 aromatic heterocycles. The van der Waals surface area contributed by atoms with Crippen molar-refractivity contribution in [1.82, 2.24) is 8.61 Å². The summed E-state index contributed by atoms with van der Waals surface area (Å²) in [5.41, 5.74) is 0. The fourth-order valence-corrected chi connectivity index (χ4v) is 6.31. The van der Waals surface area contributed by atoms with Crippen LogP contribution in [0.2, 0.25) is 0 Å². The Morgan fingerprint density at radius 3 is 1.78 bits per heavy atom. The van der Waals surface area contributed by atoms with Gasteiger partial charge in [0.1, 0.15) is 21.4 Å². The van der Waals surface area contributed by atoms with Gasteiger partial charge in [0.25, 0.3) is 0 Å². The number of rotatable bonds is 4. The maximum atomic E-state index is 13.9. The van der Waals surface area contributed by atoms with Crippen molar-refractivity contribution in [2.24, 2.45) is 0 Å². The van der Waals surface area contributed by atoms with Crippen LogP contribution in [0.1, 0.15) is 6.92 Å². The van der Waals surface area contributed by atoms with Crippen molar-refractivity contribution in [3.63, 3.8) is 0 Å². The summed E-state index contributed by atoms with van der Waals surface area (Å²) in [5.74, 6) is -1.74. The number of hydrogen-bond donors (Lipinski definition) is 0. The van der Waals surface area contributed by atoms with Crippen molar-refractivity contribution < 1.29 is 25.6 Å². The smallest absolute Gasteiger partial charge is 0.207 e. The minimum absolute atomic E-state index is 0.158. The van der Waals surface area contributed by atoms with Gasteiger partial charge >= 0.3 is 0 Å². The van der Waals surface area contributed by atoms with E-state index < -0.39 is 47.5 Å². The van der Waals surface area contributed by atoms with Crippen molar-refractivity contribution in [3.05, 3.63) is 60.2 Å². The van der Waals surface area contributed by atoms with E-state index in [1.165, 1.54) is 37.3 Å². The molecule has 2 aromatic rings. The van der Waals surface area contributed by atoms with Crippen LogP contribution in [-0.2, 0) is 20.0 Å². The van der Waals surface area contributed by atoms with E-state index in [9.17, 15) is 25.6 Å².